The molecule has 3 rings (SSSR count). The van der Waals surface area contributed by atoms with Crippen LogP contribution >= 0.6 is 23.1 Å². The number of carbonyl (C=O) groups is 1. The van der Waals surface area contributed by atoms with Gasteiger partial charge in [0.15, 0.2) is 5.16 Å². The second-order valence-electron chi connectivity index (χ2n) is 6.22. The van der Waals surface area contributed by atoms with E-state index in [0.717, 1.165) is 29.5 Å². The Morgan fingerprint density at radius 3 is 3.00 bits per heavy atom. The number of aryl methyl sites for hydroxylation is 2. The van der Waals surface area contributed by atoms with Crippen LogP contribution in [0.3, 0.4) is 0 Å². The highest BCUT2D eigenvalue weighted by Crippen LogP contribution is 2.35. The maximum absolute atomic E-state index is 12.8. The van der Waals surface area contributed by atoms with Gasteiger partial charge < -0.3 is 4.90 Å². The first-order valence-corrected chi connectivity index (χ1v) is 9.93. The van der Waals surface area contributed by atoms with Crippen molar-refractivity contribution in [3.63, 3.8) is 0 Å². The molecular formula is C17H20N4O2S2. The summed E-state index contributed by atoms with van der Waals surface area (Å²) in [6.07, 6.45) is 3.40. The predicted molar refractivity (Wildman–Crippen MR) is 100 cm³/mol. The molecule has 0 saturated carbocycles. The van der Waals surface area contributed by atoms with Crippen LogP contribution in [0.25, 0.3) is 10.2 Å². The van der Waals surface area contributed by atoms with Crippen LogP contribution in [-0.2, 0) is 24.7 Å². The first kappa shape index (κ1) is 18.0. The third-order valence-corrected chi connectivity index (χ3v) is 6.79. The van der Waals surface area contributed by atoms with Crippen LogP contribution in [0.2, 0.25) is 0 Å². The minimum Gasteiger partial charge on any atom is -0.344 e. The summed E-state index contributed by atoms with van der Waals surface area (Å²) in [6, 6.07) is 2.04. The van der Waals surface area contributed by atoms with Crippen LogP contribution in [0, 0.1) is 11.3 Å². The summed E-state index contributed by atoms with van der Waals surface area (Å²) in [5, 5.41) is 9.60. The molecule has 0 N–H and O–H groups in total. The molecule has 0 saturated heterocycles. The van der Waals surface area contributed by atoms with E-state index < -0.39 is 0 Å². The van der Waals surface area contributed by atoms with Crippen LogP contribution in [0.1, 0.15) is 30.2 Å². The molecule has 1 amide bonds. The van der Waals surface area contributed by atoms with Gasteiger partial charge in [-0.3, -0.25) is 14.2 Å². The van der Waals surface area contributed by atoms with E-state index >= 15 is 0 Å². The van der Waals surface area contributed by atoms with Gasteiger partial charge >= 0.3 is 0 Å². The minimum absolute atomic E-state index is 0.0237. The third-order valence-electron chi connectivity index (χ3n) is 4.47. The SMILES string of the molecule is C[C@@H](Sc1nc2sc3c(c2c(=O)n1C)CCC3)C(=O)N(C)CCC#N. The number of fused-ring (bicyclic) bond motifs is 3. The molecule has 0 unspecified atom stereocenters. The molecule has 0 aliphatic heterocycles. The molecule has 1 aliphatic rings. The molecule has 2 heterocycles. The van der Waals surface area contributed by atoms with Gasteiger partial charge in [0.2, 0.25) is 5.91 Å². The average molecular weight is 377 g/mol. The Hall–Kier alpha value is -1.85. The fraction of sp³-hybridized carbons (Fsp3) is 0.529. The molecule has 8 heteroatoms. The van der Waals surface area contributed by atoms with E-state index in [2.05, 4.69) is 4.98 Å². The van der Waals surface area contributed by atoms with Gasteiger partial charge in [0, 0.05) is 25.5 Å². The highest BCUT2D eigenvalue weighted by Gasteiger charge is 2.25. The lowest BCUT2D eigenvalue weighted by molar-refractivity contribution is -0.128. The maximum atomic E-state index is 12.8. The van der Waals surface area contributed by atoms with E-state index in [1.165, 1.54) is 22.2 Å². The third kappa shape index (κ3) is 3.31. The number of aromatic nitrogens is 2. The van der Waals surface area contributed by atoms with Gasteiger partial charge in [0.25, 0.3) is 5.56 Å². The van der Waals surface area contributed by atoms with Gasteiger partial charge in [0.05, 0.1) is 23.1 Å². The van der Waals surface area contributed by atoms with Crippen LogP contribution < -0.4 is 5.56 Å². The number of nitrogens with zero attached hydrogens (tertiary/aromatic N) is 4. The lowest BCUT2D eigenvalue weighted by Crippen LogP contribution is -2.34. The summed E-state index contributed by atoms with van der Waals surface area (Å²) < 4.78 is 1.55. The first-order valence-electron chi connectivity index (χ1n) is 8.24. The number of thioether (sulfide) groups is 1. The zero-order chi connectivity index (χ0) is 18.1. The van der Waals surface area contributed by atoms with Crippen LogP contribution in [0.4, 0.5) is 0 Å². The van der Waals surface area contributed by atoms with Crippen molar-refractivity contribution in [3.8, 4) is 6.07 Å². The van der Waals surface area contributed by atoms with Crippen molar-refractivity contribution in [1.82, 2.24) is 14.5 Å². The molecule has 0 aromatic carbocycles. The highest BCUT2D eigenvalue weighted by molar-refractivity contribution is 8.00. The Morgan fingerprint density at radius 1 is 1.52 bits per heavy atom. The average Bonchev–Trinajstić information content (AvgIpc) is 3.16. The van der Waals surface area contributed by atoms with E-state index in [1.54, 1.807) is 41.8 Å². The summed E-state index contributed by atoms with van der Waals surface area (Å²) in [4.78, 5) is 33.5. The summed E-state index contributed by atoms with van der Waals surface area (Å²) in [5.74, 6) is -0.0664. The fourth-order valence-corrected chi connectivity index (χ4v) is 5.35. The van der Waals surface area contributed by atoms with Crippen molar-refractivity contribution < 1.29 is 4.79 Å². The number of hydrogen-bond acceptors (Lipinski definition) is 6. The number of rotatable bonds is 5. The largest absolute Gasteiger partial charge is 0.344 e. The topological polar surface area (TPSA) is 79.0 Å². The van der Waals surface area contributed by atoms with Crippen molar-refractivity contribution in [1.29, 1.82) is 5.26 Å². The smallest absolute Gasteiger partial charge is 0.262 e. The Balaban J connectivity index is 1.87. The van der Waals surface area contributed by atoms with Gasteiger partial charge in [-0.2, -0.15) is 5.26 Å². The molecule has 1 atom stereocenters. The zero-order valence-corrected chi connectivity index (χ0v) is 16.2. The maximum Gasteiger partial charge on any atom is 0.262 e. The van der Waals surface area contributed by atoms with Crippen molar-refractivity contribution in [2.24, 2.45) is 7.05 Å². The van der Waals surface area contributed by atoms with E-state index in [1.807, 2.05) is 6.07 Å². The number of hydrogen-bond donors (Lipinski definition) is 0. The standard InChI is InChI=1S/C17H20N4O2S2/c1-10(15(22)20(2)9-5-8-18)24-17-19-14-13(16(23)21(17)3)11-6-4-7-12(11)25-14/h10H,4-7,9H2,1-3H3/t10-/m1/s1. The molecule has 2 aromatic rings. The first-order chi connectivity index (χ1) is 11.9. The quantitative estimate of drug-likeness (QED) is 0.591. The number of carbonyl (C=O) groups excluding carboxylic acids is 1. The summed E-state index contributed by atoms with van der Waals surface area (Å²) in [6.45, 7) is 2.21. The van der Waals surface area contributed by atoms with Gasteiger partial charge in [-0.25, -0.2) is 4.98 Å². The van der Waals surface area contributed by atoms with Gasteiger partial charge in [-0.15, -0.1) is 11.3 Å². The van der Waals surface area contributed by atoms with Crippen molar-refractivity contribution in [3.05, 3.63) is 20.8 Å². The Bertz CT molecular complexity index is 925. The summed E-state index contributed by atoms with van der Waals surface area (Å²) in [5.41, 5.74) is 1.15. The van der Waals surface area contributed by atoms with Gasteiger partial charge in [0.1, 0.15) is 4.83 Å². The molecule has 1 aliphatic carbocycles. The molecular weight excluding hydrogens is 356 g/mol. The van der Waals surface area contributed by atoms with Crippen LogP contribution in [0.5, 0.6) is 0 Å². The zero-order valence-electron chi connectivity index (χ0n) is 14.5. The lowest BCUT2D eigenvalue weighted by atomic mass is 10.2. The van der Waals surface area contributed by atoms with E-state index in [9.17, 15) is 9.59 Å². The van der Waals surface area contributed by atoms with Gasteiger partial charge in [-0.05, 0) is 31.7 Å². The van der Waals surface area contributed by atoms with E-state index in [0.29, 0.717) is 18.1 Å². The second kappa shape index (κ2) is 7.18. The lowest BCUT2D eigenvalue weighted by Gasteiger charge is -2.20. The Kier molecular flexibility index (Phi) is 5.16. The Morgan fingerprint density at radius 2 is 2.28 bits per heavy atom. The predicted octanol–water partition coefficient (Wildman–Crippen LogP) is 2.34. The summed E-state index contributed by atoms with van der Waals surface area (Å²) in [7, 11) is 3.41. The Labute approximate surface area is 154 Å². The fourth-order valence-electron chi connectivity index (χ4n) is 3.06. The highest BCUT2D eigenvalue weighted by atomic mass is 32.2. The minimum atomic E-state index is -0.369. The summed E-state index contributed by atoms with van der Waals surface area (Å²) >= 11 is 2.90. The molecule has 2 aromatic heterocycles. The second-order valence-corrected chi connectivity index (χ2v) is 8.62. The van der Waals surface area contributed by atoms with E-state index in [-0.39, 0.29) is 16.7 Å². The van der Waals surface area contributed by atoms with Crippen molar-refractivity contribution >= 4 is 39.2 Å². The van der Waals surface area contributed by atoms with E-state index in [4.69, 9.17) is 5.26 Å². The molecule has 25 heavy (non-hydrogen) atoms. The van der Waals surface area contributed by atoms with Crippen molar-refractivity contribution in [2.75, 3.05) is 13.6 Å². The molecule has 0 radical (unpaired) electrons. The monoisotopic (exact) mass is 376 g/mol. The van der Waals surface area contributed by atoms with Crippen LogP contribution in [-0.4, -0.2) is 39.2 Å². The van der Waals surface area contributed by atoms with Crippen molar-refractivity contribution in [2.45, 2.75) is 43.0 Å². The number of amides is 1. The van der Waals surface area contributed by atoms with Gasteiger partial charge in [-0.1, -0.05) is 11.8 Å². The molecule has 0 bridgehead atoms. The molecule has 132 valence electrons. The normalized spacial score (nSPS) is 14.3. The number of nitriles is 1. The number of thiophene rings is 1. The van der Waals surface area contributed by atoms with Crippen LogP contribution in [0.15, 0.2) is 9.95 Å². The molecule has 0 spiro atoms. The molecule has 0 fully saturated rings. The molecule has 6 nitrogen and oxygen atoms in total.